The van der Waals surface area contributed by atoms with Crippen molar-refractivity contribution in [3.05, 3.63) is 29.0 Å². The van der Waals surface area contributed by atoms with E-state index < -0.39 is 0 Å². The topological polar surface area (TPSA) is 71.9 Å². The first-order chi connectivity index (χ1) is 12.7. The lowest BCUT2D eigenvalue weighted by Crippen LogP contribution is -2.33. The van der Waals surface area contributed by atoms with Crippen LogP contribution in [0.15, 0.2) is 24.3 Å². The second-order valence-electron chi connectivity index (χ2n) is 7.75. The highest BCUT2D eigenvalue weighted by Gasteiger charge is 2.65. The highest BCUT2D eigenvalue weighted by Crippen LogP contribution is 2.65. The first kappa shape index (κ1) is 16.1. The van der Waals surface area contributed by atoms with Gasteiger partial charge in [0.2, 0.25) is 5.91 Å². The number of methoxy groups -OCH3 is 1. The zero-order chi connectivity index (χ0) is 17.8. The SMILES string of the molecule is COc1ccc(-c2n[nH]c(=S)n2CC(=O)NC2[C@@H]3[C@H]4CC[C@@H](C4)[C@H]23)cc1. The van der Waals surface area contributed by atoms with Crippen LogP contribution in [0.2, 0.25) is 0 Å². The molecule has 1 heterocycles. The maximum Gasteiger partial charge on any atom is 0.240 e. The van der Waals surface area contributed by atoms with Gasteiger partial charge in [-0.15, -0.1) is 0 Å². The molecule has 5 rings (SSSR count). The number of rotatable bonds is 5. The number of ether oxygens (including phenoxy) is 1. The number of benzene rings is 1. The highest BCUT2D eigenvalue weighted by atomic mass is 32.1. The van der Waals surface area contributed by atoms with Gasteiger partial charge in [-0.05, 0) is 79.4 Å². The Labute approximate surface area is 156 Å². The molecular weight excluding hydrogens is 348 g/mol. The average molecular weight is 370 g/mol. The Morgan fingerprint density at radius 1 is 1.31 bits per heavy atom. The number of nitrogens with one attached hydrogen (secondary N) is 2. The van der Waals surface area contributed by atoms with Crippen LogP contribution >= 0.6 is 12.2 Å². The van der Waals surface area contributed by atoms with Gasteiger partial charge in [-0.25, -0.2) is 0 Å². The van der Waals surface area contributed by atoms with Crippen LogP contribution in [-0.4, -0.2) is 33.8 Å². The molecule has 2 N–H and O–H groups in total. The number of nitrogens with zero attached hydrogens (tertiary/aromatic N) is 2. The molecule has 3 fully saturated rings. The predicted octanol–water partition coefficient (Wildman–Crippen LogP) is 2.78. The monoisotopic (exact) mass is 370 g/mol. The van der Waals surface area contributed by atoms with Crippen LogP contribution in [0.4, 0.5) is 0 Å². The van der Waals surface area contributed by atoms with Gasteiger partial charge >= 0.3 is 0 Å². The van der Waals surface area contributed by atoms with E-state index in [1.165, 1.54) is 19.3 Å². The molecule has 26 heavy (non-hydrogen) atoms. The molecule has 0 radical (unpaired) electrons. The van der Waals surface area contributed by atoms with Crippen LogP contribution in [0.1, 0.15) is 19.3 Å². The molecular formula is C19H22N4O2S. The number of hydrogen-bond donors (Lipinski definition) is 2. The van der Waals surface area contributed by atoms with Gasteiger partial charge in [0.15, 0.2) is 10.6 Å². The highest BCUT2D eigenvalue weighted by molar-refractivity contribution is 7.71. The summed E-state index contributed by atoms with van der Waals surface area (Å²) in [5, 5.41) is 10.4. The van der Waals surface area contributed by atoms with E-state index in [-0.39, 0.29) is 12.5 Å². The Hall–Kier alpha value is -2.15. The fourth-order valence-electron chi connectivity index (χ4n) is 5.32. The average Bonchev–Trinajstić information content (AvgIpc) is 2.98. The smallest absolute Gasteiger partial charge is 0.240 e. The number of carbonyl (C=O) groups is 1. The molecule has 0 saturated heterocycles. The van der Waals surface area contributed by atoms with Crippen LogP contribution in [0.3, 0.4) is 0 Å². The summed E-state index contributed by atoms with van der Waals surface area (Å²) in [6, 6.07) is 7.97. The van der Waals surface area contributed by atoms with E-state index in [0.29, 0.717) is 16.6 Å². The van der Waals surface area contributed by atoms with E-state index in [2.05, 4.69) is 15.5 Å². The minimum Gasteiger partial charge on any atom is -0.497 e. The molecule has 1 aromatic carbocycles. The van der Waals surface area contributed by atoms with Crippen molar-refractivity contribution in [3.8, 4) is 17.1 Å². The van der Waals surface area contributed by atoms with Gasteiger partial charge in [-0.3, -0.25) is 14.5 Å². The maximum atomic E-state index is 12.6. The first-order valence-electron chi connectivity index (χ1n) is 9.24. The summed E-state index contributed by atoms with van der Waals surface area (Å²) in [6.07, 6.45) is 4.09. The number of carbonyl (C=O) groups excluding carboxylic acids is 1. The standard InChI is InChI=1S/C19H22N4O2S/c1-25-13-6-4-10(5-7-13)18-21-22-19(26)23(18)9-14(24)20-17-15-11-2-3-12(8-11)16(15)17/h4-7,11-12,15-17H,2-3,8-9H2,1H3,(H,20,24)(H,22,26)/t11-,12-,15-,16+,17?/m0/s1. The molecule has 3 saturated carbocycles. The van der Waals surface area contributed by atoms with Gasteiger partial charge < -0.3 is 10.1 Å². The summed E-state index contributed by atoms with van der Waals surface area (Å²) in [5.74, 6) is 4.64. The van der Waals surface area contributed by atoms with Crippen molar-refractivity contribution >= 4 is 18.1 Å². The Morgan fingerprint density at radius 3 is 2.65 bits per heavy atom. The zero-order valence-electron chi connectivity index (χ0n) is 14.6. The fraction of sp³-hybridized carbons (Fsp3) is 0.526. The van der Waals surface area contributed by atoms with Crippen LogP contribution in [-0.2, 0) is 11.3 Å². The molecule has 2 aromatic rings. The lowest BCUT2D eigenvalue weighted by Gasteiger charge is -2.12. The van der Waals surface area contributed by atoms with Gasteiger partial charge in [-0.1, -0.05) is 0 Å². The quantitative estimate of drug-likeness (QED) is 0.794. The van der Waals surface area contributed by atoms with Gasteiger partial charge in [0, 0.05) is 11.6 Å². The molecule has 0 aliphatic heterocycles. The van der Waals surface area contributed by atoms with Crippen LogP contribution in [0, 0.1) is 28.4 Å². The Bertz CT molecular complexity index is 887. The fourth-order valence-corrected chi connectivity index (χ4v) is 5.52. The number of aromatic nitrogens is 3. The van der Waals surface area contributed by atoms with E-state index in [0.717, 1.165) is 35.0 Å². The summed E-state index contributed by atoms with van der Waals surface area (Å²) in [6.45, 7) is 0.196. The molecule has 1 amide bonds. The number of hydrogen-bond acceptors (Lipinski definition) is 4. The van der Waals surface area contributed by atoms with Crippen molar-refractivity contribution in [2.75, 3.05) is 7.11 Å². The third kappa shape index (κ3) is 2.48. The van der Waals surface area contributed by atoms with Crippen molar-refractivity contribution < 1.29 is 9.53 Å². The molecule has 0 spiro atoms. The van der Waals surface area contributed by atoms with Gasteiger partial charge in [0.25, 0.3) is 0 Å². The van der Waals surface area contributed by atoms with E-state index in [1.54, 1.807) is 11.7 Å². The third-order valence-electron chi connectivity index (χ3n) is 6.47. The van der Waals surface area contributed by atoms with Crippen molar-refractivity contribution in [2.24, 2.45) is 23.7 Å². The van der Waals surface area contributed by atoms with E-state index in [4.69, 9.17) is 17.0 Å². The third-order valence-corrected chi connectivity index (χ3v) is 6.78. The normalized spacial score (nSPS) is 30.9. The predicted molar refractivity (Wildman–Crippen MR) is 99.1 cm³/mol. The maximum absolute atomic E-state index is 12.6. The molecule has 1 aromatic heterocycles. The van der Waals surface area contributed by atoms with E-state index in [1.807, 2.05) is 24.3 Å². The van der Waals surface area contributed by atoms with Crippen LogP contribution < -0.4 is 10.1 Å². The minimum atomic E-state index is 0.0241. The summed E-state index contributed by atoms with van der Waals surface area (Å²) in [4.78, 5) is 12.6. The molecule has 6 nitrogen and oxygen atoms in total. The van der Waals surface area contributed by atoms with Crippen molar-refractivity contribution in [3.63, 3.8) is 0 Å². The van der Waals surface area contributed by atoms with Crippen molar-refractivity contribution in [2.45, 2.75) is 31.8 Å². The largest absolute Gasteiger partial charge is 0.497 e. The van der Waals surface area contributed by atoms with E-state index in [9.17, 15) is 4.79 Å². The zero-order valence-corrected chi connectivity index (χ0v) is 15.5. The molecule has 136 valence electrons. The summed E-state index contributed by atoms with van der Waals surface area (Å²) in [7, 11) is 1.63. The Kier molecular flexibility index (Phi) is 3.67. The first-order valence-corrected chi connectivity index (χ1v) is 9.65. The molecule has 1 unspecified atom stereocenters. The molecule has 5 atom stereocenters. The molecule has 3 aliphatic carbocycles. The Balaban J connectivity index is 1.30. The number of fused-ring (bicyclic) bond motifs is 5. The van der Waals surface area contributed by atoms with Crippen LogP contribution in [0.25, 0.3) is 11.4 Å². The number of aromatic amines is 1. The molecule has 7 heteroatoms. The van der Waals surface area contributed by atoms with Gasteiger partial charge in [-0.2, -0.15) is 5.10 Å². The summed E-state index contributed by atoms with van der Waals surface area (Å²) >= 11 is 5.34. The second-order valence-corrected chi connectivity index (χ2v) is 8.13. The summed E-state index contributed by atoms with van der Waals surface area (Å²) < 4.78 is 7.42. The minimum absolute atomic E-state index is 0.0241. The second kappa shape index (κ2) is 5.94. The molecule has 2 bridgehead atoms. The lowest BCUT2D eigenvalue weighted by molar-refractivity contribution is -0.122. The number of amides is 1. The lowest BCUT2D eigenvalue weighted by atomic mass is 10.0. The van der Waals surface area contributed by atoms with E-state index >= 15 is 0 Å². The van der Waals surface area contributed by atoms with Gasteiger partial charge in [0.1, 0.15) is 12.3 Å². The Morgan fingerprint density at radius 2 is 2.00 bits per heavy atom. The van der Waals surface area contributed by atoms with Crippen molar-refractivity contribution in [1.82, 2.24) is 20.1 Å². The molecule has 3 aliphatic rings. The van der Waals surface area contributed by atoms with Gasteiger partial charge in [0.05, 0.1) is 7.11 Å². The van der Waals surface area contributed by atoms with Crippen LogP contribution in [0.5, 0.6) is 5.75 Å². The summed E-state index contributed by atoms with van der Waals surface area (Å²) in [5.41, 5.74) is 0.896. The van der Waals surface area contributed by atoms with Crippen molar-refractivity contribution in [1.29, 1.82) is 0 Å². The number of H-pyrrole nitrogens is 1.